The number of imidazole rings is 1. The molecule has 0 radical (unpaired) electrons. The van der Waals surface area contributed by atoms with Crippen molar-refractivity contribution in [1.82, 2.24) is 19.3 Å². The highest BCUT2D eigenvalue weighted by molar-refractivity contribution is 7.89. The van der Waals surface area contributed by atoms with E-state index < -0.39 is 10.0 Å². The molecule has 2 aromatic heterocycles. The van der Waals surface area contributed by atoms with Crippen molar-refractivity contribution in [3.63, 3.8) is 0 Å². The van der Waals surface area contributed by atoms with Gasteiger partial charge in [0.15, 0.2) is 0 Å². The summed E-state index contributed by atoms with van der Waals surface area (Å²) in [7, 11) is -3.14. The van der Waals surface area contributed by atoms with Crippen molar-refractivity contribution in [1.29, 1.82) is 0 Å². The van der Waals surface area contributed by atoms with Crippen LogP contribution in [0.4, 0.5) is 5.82 Å². The van der Waals surface area contributed by atoms with Crippen LogP contribution in [0.3, 0.4) is 0 Å². The van der Waals surface area contributed by atoms with Crippen molar-refractivity contribution in [3.8, 4) is 22.6 Å². The Labute approximate surface area is 181 Å². The second-order valence-corrected chi connectivity index (χ2v) is 9.78. The van der Waals surface area contributed by atoms with Gasteiger partial charge in [-0.2, -0.15) is 4.31 Å². The molecule has 1 aliphatic heterocycles. The fourth-order valence-electron chi connectivity index (χ4n) is 3.54. The van der Waals surface area contributed by atoms with E-state index in [4.69, 9.17) is 11.6 Å². The first-order chi connectivity index (χ1) is 14.5. The fourth-order valence-corrected chi connectivity index (χ4v) is 5.16. The Morgan fingerprint density at radius 2 is 1.67 bits per heavy atom. The molecule has 4 rings (SSSR count). The highest BCUT2D eigenvalue weighted by Gasteiger charge is 2.26. The minimum absolute atomic E-state index is 0.209. The molecule has 3 aromatic rings. The first kappa shape index (κ1) is 20.8. The van der Waals surface area contributed by atoms with E-state index in [0.717, 1.165) is 28.5 Å². The number of hydrogen-bond acceptors (Lipinski definition) is 5. The molecule has 0 aliphatic carbocycles. The van der Waals surface area contributed by atoms with E-state index in [-0.39, 0.29) is 5.75 Å². The number of hydrogen-bond donors (Lipinski definition) is 1. The van der Waals surface area contributed by atoms with Gasteiger partial charge < -0.3 is 9.88 Å². The normalized spacial score (nSPS) is 15.5. The third-order valence-corrected chi connectivity index (χ3v) is 7.50. The van der Waals surface area contributed by atoms with Gasteiger partial charge in [-0.1, -0.05) is 30.7 Å². The first-order valence-corrected chi connectivity index (χ1v) is 11.9. The van der Waals surface area contributed by atoms with Crippen LogP contribution in [0.25, 0.3) is 22.6 Å². The van der Waals surface area contributed by atoms with Crippen LogP contribution in [0.2, 0.25) is 5.02 Å². The zero-order chi connectivity index (χ0) is 21.1. The van der Waals surface area contributed by atoms with Crippen LogP contribution in [-0.4, -0.2) is 59.6 Å². The van der Waals surface area contributed by atoms with Crippen LogP contribution in [0, 0.1) is 0 Å². The van der Waals surface area contributed by atoms with Crippen molar-refractivity contribution in [3.05, 3.63) is 53.8 Å². The molecule has 0 unspecified atom stereocenters. The van der Waals surface area contributed by atoms with E-state index >= 15 is 0 Å². The molecular weight excluding hydrogens is 422 g/mol. The third-order valence-electron chi connectivity index (χ3n) is 5.17. The molecule has 0 atom stereocenters. The van der Waals surface area contributed by atoms with Gasteiger partial charge in [-0.25, -0.2) is 18.4 Å². The minimum atomic E-state index is -3.14. The van der Waals surface area contributed by atoms with E-state index in [2.05, 4.69) is 19.9 Å². The lowest BCUT2D eigenvalue weighted by Crippen LogP contribution is -2.49. The number of nitrogens with one attached hydrogen (secondary N) is 1. The molecule has 0 spiro atoms. The van der Waals surface area contributed by atoms with Gasteiger partial charge in [0.1, 0.15) is 11.6 Å². The zero-order valence-corrected chi connectivity index (χ0v) is 18.3. The monoisotopic (exact) mass is 445 g/mol. The molecule has 1 aliphatic rings. The van der Waals surface area contributed by atoms with Crippen molar-refractivity contribution < 1.29 is 8.42 Å². The Hall–Kier alpha value is -2.42. The molecule has 0 bridgehead atoms. The standard InChI is InChI=1S/C21H24ClN5O2S/c1-2-13-30(28,29)27-11-9-26(10-12-27)20-8-5-17(14-23-20)21-24-15-19(25-21)16-3-6-18(22)7-4-16/h3-8,14-15H,2,9-13H2,1H3,(H,24,25). The number of H-pyrrole nitrogens is 1. The zero-order valence-electron chi connectivity index (χ0n) is 16.8. The lowest BCUT2D eigenvalue weighted by molar-refractivity contribution is 0.383. The Bertz CT molecular complexity index is 1090. The average molecular weight is 446 g/mol. The van der Waals surface area contributed by atoms with Crippen LogP contribution in [0.1, 0.15) is 13.3 Å². The summed E-state index contributed by atoms with van der Waals surface area (Å²) in [5, 5.41) is 0.696. The molecule has 1 saturated heterocycles. The first-order valence-electron chi connectivity index (χ1n) is 9.96. The summed E-state index contributed by atoms with van der Waals surface area (Å²) in [4.78, 5) is 14.5. The number of pyridine rings is 1. The number of aromatic nitrogens is 3. The summed E-state index contributed by atoms with van der Waals surface area (Å²) in [6.45, 7) is 4.15. The lowest BCUT2D eigenvalue weighted by Gasteiger charge is -2.34. The van der Waals surface area contributed by atoms with Gasteiger partial charge in [-0.3, -0.25) is 0 Å². The molecule has 1 N–H and O–H groups in total. The SMILES string of the molecule is CCCS(=O)(=O)N1CCN(c2ccc(-c3ncc(-c4ccc(Cl)cc4)[nH]3)cn2)CC1. The van der Waals surface area contributed by atoms with E-state index in [1.807, 2.05) is 43.3 Å². The van der Waals surface area contributed by atoms with Crippen LogP contribution < -0.4 is 4.90 Å². The van der Waals surface area contributed by atoms with Gasteiger partial charge in [0.2, 0.25) is 10.0 Å². The molecular formula is C21H24ClN5O2S. The van der Waals surface area contributed by atoms with Gasteiger partial charge in [-0.05, 0) is 36.2 Å². The molecule has 158 valence electrons. The van der Waals surface area contributed by atoms with Crippen molar-refractivity contribution >= 4 is 27.4 Å². The topological polar surface area (TPSA) is 82.2 Å². The van der Waals surface area contributed by atoms with Crippen LogP contribution in [0.5, 0.6) is 0 Å². The summed E-state index contributed by atoms with van der Waals surface area (Å²) < 4.78 is 26.0. The average Bonchev–Trinajstić information content (AvgIpc) is 3.25. The number of anilines is 1. The van der Waals surface area contributed by atoms with Gasteiger partial charge in [0.05, 0.1) is 17.6 Å². The Morgan fingerprint density at radius 3 is 2.30 bits per heavy atom. The maximum atomic E-state index is 12.2. The van der Waals surface area contributed by atoms with Crippen LogP contribution in [-0.2, 0) is 10.0 Å². The number of sulfonamides is 1. The Morgan fingerprint density at radius 1 is 0.967 bits per heavy atom. The summed E-state index contributed by atoms with van der Waals surface area (Å²) in [5.74, 6) is 1.80. The highest BCUT2D eigenvalue weighted by atomic mass is 35.5. The van der Waals surface area contributed by atoms with Gasteiger partial charge in [0, 0.05) is 43.0 Å². The number of rotatable bonds is 6. The number of aromatic amines is 1. The fraction of sp³-hybridized carbons (Fsp3) is 0.333. The molecule has 9 heteroatoms. The van der Waals surface area contributed by atoms with Gasteiger partial charge in [-0.15, -0.1) is 0 Å². The molecule has 1 fully saturated rings. The predicted octanol–water partition coefficient (Wildman–Crippen LogP) is 3.65. The predicted molar refractivity (Wildman–Crippen MR) is 120 cm³/mol. The summed E-state index contributed by atoms with van der Waals surface area (Å²) in [6.07, 6.45) is 4.22. The largest absolute Gasteiger partial charge is 0.354 e. The third kappa shape index (κ3) is 4.50. The lowest BCUT2D eigenvalue weighted by atomic mass is 10.2. The Balaban J connectivity index is 1.42. The number of halogens is 1. The molecule has 3 heterocycles. The molecule has 30 heavy (non-hydrogen) atoms. The van der Waals surface area contributed by atoms with E-state index in [9.17, 15) is 8.42 Å². The highest BCUT2D eigenvalue weighted by Crippen LogP contribution is 2.24. The number of nitrogens with zero attached hydrogens (tertiary/aromatic N) is 4. The number of benzene rings is 1. The summed E-state index contributed by atoms with van der Waals surface area (Å²) in [6, 6.07) is 11.5. The van der Waals surface area contributed by atoms with Crippen molar-refractivity contribution in [2.45, 2.75) is 13.3 Å². The van der Waals surface area contributed by atoms with Crippen molar-refractivity contribution in [2.24, 2.45) is 0 Å². The molecule has 7 nitrogen and oxygen atoms in total. The van der Waals surface area contributed by atoms with Crippen LogP contribution in [0.15, 0.2) is 48.8 Å². The van der Waals surface area contributed by atoms with Gasteiger partial charge in [0.25, 0.3) is 0 Å². The molecule has 1 aromatic carbocycles. The van der Waals surface area contributed by atoms with Gasteiger partial charge >= 0.3 is 0 Å². The quantitative estimate of drug-likeness (QED) is 0.626. The Kier molecular flexibility index (Phi) is 6.08. The molecule has 0 amide bonds. The molecule has 0 saturated carbocycles. The van der Waals surface area contributed by atoms with E-state index in [0.29, 0.717) is 37.6 Å². The summed E-state index contributed by atoms with van der Waals surface area (Å²) >= 11 is 5.95. The number of piperazine rings is 1. The minimum Gasteiger partial charge on any atom is -0.354 e. The second-order valence-electron chi connectivity index (χ2n) is 7.26. The van der Waals surface area contributed by atoms with E-state index in [1.54, 1.807) is 16.7 Å². The van der Waals surface area contributed by atoms with E-state index in [1.165, 1.54) is 0 Å². The van der Waals surface area contributed by atoms with Crippen LogP contribution >= 0.6 is 11.6 Å². The maximum Gasteiger partial charge on any atom is 0.214 e. The maximum absolute atomic E-state index is 12.2. The smallest absolute Gasteiger partial charge is 0.214 e. The van der Waals surface area contributed by atoms with Crippen molar-refractivity contribution in [2.75, 3.05) is 36.8 Å². The summed E-state index contributed by atoms with van der Waals surface area (Å²) in [5.41, 5.74) is 2.82. The second kappa shape index (κ2) is 8.75.